The molecule has 0 aliphatic carbocycles. The molecule has 0 bridgehead atoms. The fraction of sp³-hybridized carbons (Fsp3) is 0.321. The molecule has 2 heterocycles. The van der Waals surface area contributed by atoms with Crippen molar-refractivity contribution in [2.24, 2.45) is 0 Å². The Hall–Kier alpha value is -3.56. The first kappa shape index (κ1) is 28.0. The molecular weight excluding hydrogens is 490 g/mol. The number of nitrogens with one attached hydrogen (secondary N) is 1. The minimum Gasteiger partial charge on any atom is -0.454 e. The summed E-state index contributed by atoms with van der Waals surface area (Å²) >= 11 is 0. The number of pyridine rings is 1. The molecule has 198 valence electrons. The average molecular weight is 526 g/mol. The number of hydrogen-bond acceptors (Lipinski definition) is 6. The number of sulfonamides is 1. The first-order valence-electron chi connectivity index (χ1n) is 12.2. The molecule has 1 fully saturated rings. The Bertz CT molecular complexity index is 1230. The second-order valence-electron chi connectivity index (χ2n) is 8.76. The van der Waals surface area contributed by atoms with Crippen LogP contribution in [0.2, 0.25) is 0 Å². The summed E-state index contributed by atoms with van der Waals surface area (Å²) in [5.74, 6) is -1.33. The molecule has 0 saturated carbocycles. The third-order valence-electron chi connectivity index (χ3n) is 5.77. The van der Waals surface area contributed by atoms with Gasteiger partial charge in [0.05, 0.1) is 5.75 Å². The molecule has 1 aliphatic rings. The largest absolute Gasteiger partial charge is 0.454 e. The summed E-state index contributed by atoms with van der Waals surface area (Å²) in [6.45, 7) is 2.16. The Morgan fingerprint density at radius 1 is 1.00 bits per heavy atom. The molecule has 1 aromatic heterocycles. The van der Waals surface area contributed by atoms with Gasteiger partial charge in [0.1, 0.15) is 6.04 Å². The van der Waals surface area contributed by atoms with Crippen molar-refractivity contribution in [3.63, 3.8) is 0 Å². The maximum Gasteiger partial charge on any atom is 0.324 e. The highest BCUT2D eigenvalue weighted by molar-refractivity contribution is 7.88. The van der Waals surface area contributed by atoms with Crippen LogP contribution in [0.4, 0.5) is 0 Å². The van der Waals surface area contributed by atoms with E-state index in [0.29, 0.717) is 18.4 Å². The monoisotopic (exact) mass is 525 g/mol. The molecule has 1 amide bonds. The van der Waals surface area contributed by atoms with Gasteiger partial charge in [-0.2, -0.15) is 4.31 Å². The van der Waals surface area contributed by atoms with Crippen LogP contribution in [0.5, 0.6) is 0 Å². The SMILES string of the molecule is Cc1ccccc1.O=C(COC(=O)C1CCCCN1S(=O)(=O)Cc1ccccc1)NCc1cccnc1.[HH]. The van der Waals surface area contributed by atoms with Crippen LogP contribution < -0.4 is 5.32 Å². The highest BCUT2D eigenvalue weighted by Gasteiger charge is 2.37. The third-order valence-corrected chi connectivity index (χ3v) is 7.62. The number of esters is 1. The summed E-state index contributed by atoms with van der Waals surface area (Å²) in [7, 11) is -3.69. The fourth-order valence-electron chi connectivity index (χ4n) is 3.86. The van der Waals surface area contributed by atoms with Crippen LogP contribution in [0.25, 0.3) is 0 Å². The molecule has 1 unspecified atom stereocenters. The lowest BCUT2D eigenvalue weighted by molar-refractivity contribution is -0.153. The van der Waals surface area contributed by atoms with Gasteiger partial charge in [0.15, 0.2) is 6.61 Å². The summed E-state index contributed by atoms with van der Waals surface area (Å²) in [5, 5.41) is 2.64. The van der Waals surface area contributed by atoms with Crippen molar-refractivity contribution in [3.05, 3.63) is 102 Å². The molecule has 1 atom stereocenters. The third kappa shape index (κ3) is 9.44. The number of carbonyl (C=O) groups excluding carboxylic acids is 2. The van der Waals surface area contributed by atoms with E-state index >= 15 is 0 Å². The van der Waals surface area contributed by atoms with Crippen molar-refractivity contribution in [1.29, 1.82) is 0 Å². The molecule has 2 aromatic carbocycles. The van der Waals surface area contributed by atoms with Gasteiger partial charge in [-0.3, -0.25) is 14.6 Å². The highest BCUT2D eigenvalue weighted by Crippen LogP contribution is 2.24. The summed E-state index contributed by atoms with van der Waals surface area (Å²) in [6.07, 6.45) is 5.05. The number of piperidine rings is 1. The van der Waals surface area contributed by atoms with E-state index in [0.717, 1.165) is 12.0 Å². The second kappa shape index (κ2) is 14.2. The van der Waals surface area contributed by atoms with E-state index in [1.807, 2.05) is 30.3 Å². The summed E-state index contributed by atoms with van der Waals surface area (Å²) in [6, 6.07) is 21.8. The van der Waals surface area contributed by atoms with Crippen molar-refractivity contribution in [3.8, 4) is 0 Å². The smallest absolute Gasteiger partial charge is 0.324 e. The van der Waals surface area contributed by atoms with Crippen molar-refractivity contribution in [2.75, 3.05) is 13.2 Å². The van der Waals surface area contributed by atoms with Crippen LogP contribution >= 0.6 is 0 Å². The maximum atomic E-state index is 12.9. The molecule has 8 nitrogen and oxygen atoms in total. The van der Waals surface area contributed by atoms with Crippen LogP contribution in [-0.4, -0.2) is 48.8 Å². The fourth-order valence-corrected chi connectivity index (χ4v) is 5.63. The van der Waals surface area contributed by atoms with Gasteiger partial charge in [-0.25, -0.2) is 8.42 Å². The van der Waals surface area contributed by atoms with Gasteiger partial charge in [0.25, 0.3) is 5.91 Å². The zero-order valence-corrected chi connectivity index (χ0v) is 21.8. The van der Waals surface area contributed by atoms with Gasteiger partial charge in [0.2, 0.25) is 10.0 Å². The standard InChI is InChI=1S/C21H25N3O5S.C7H8.H2/c25-20(23-14-18-9-6-11-22-13-18)15-29-21(26)19-10-4-5-12-24(19)30(27,28)16-17-7-2-1-3-8-17;1-7-5-3-2-4-6-7;/h1-3,6-9,11,13,19H,4-5,10,12,14-16H2,(H,23,25);2-6H,1H3;1H. The van der Waals surface area contributed by atoms with E-state index in [2.05, 4.69) is 29.4 Å². The Balaban J connectivity index is 0.000000549. The molecule has 4 rings (SSSR count). The van der Waals surface area contributed by atoms with Crippen molar-refractivity contribution in [2.45, 2.75) is 44.5 Å². The number of carbonyl (C=O) groups is 2. The lowest BCUT2D eigenvalue weighted by Gasteiger charge is -2.33. The predicted molar refractivity (Wildman–Crippen MR) is 144 cm³/mol. The lowest BCUT2D eigenvalue weighted by Crippen LogP contribution is -2.49. The van der Waals surface area contributed by atoms with Crippen molar-refractivity contribution >= 4 is 21.9 Å². The molecule has 1 saturated heterocycles. The maximum absolute atomic E-state index is 12.9. The van der Waals surface area contributed by atoms with Crippen molar-refractivity contribution in [1.82, 2.24) is 14.6 Å². The average Bonchev–Trinajstić information content (AvgIpc) is 2.92. The Kier molecular flexibility index (Phi) is 10.8. The number of aryl methyl sites for hydroxylation is 1. The Morgan fingerprint density at radius 2 is 1.68 bits per heavy atom. The van der Waals surface area contributed by atoms with Gasteiger partial charge in [-0.15, -0.1) is 0 Å². The first-order valence-corrected chi connectivity index (χ1v) is 13.8. The number of amides is 1. The van der Waals surface area contributed by atoms with Crippen LogP contribution in [0.1, 0.15) is 37.4 Å². The predicted octanol–water partition coefficient (Wildman–Crippen LogP) is 3.87. The van der Waals surface area contributed by atoms with Crippen molar-refractivity contribution < 1.29 is 24.2 Å². The molecule has 37 heavy (non-hydrogen) atoms. The summed E-state index contributed by atoms with van der Waals surface area (Å²) < 4.78 is 32.2. The number of benzene rings is 2. The number of rotatable bonds is 8. The second-order valence-corrected chi connectivity index (χ2v) is 10.7. The number of aromatic nitrogens is 1. The van der Waals surface area contributed by atoms with E-state index in [1.165, 1.54) is 9.87 Å². The van der Waals surface area contributed by atoms with Crippen LogP contribution in [0.15, 0.2) is 85.2 Å². The highest BCUT2D eigenvalue weighted by atomic mass is 32.2. The molecule has 9 heteroatoms. The minimum atomic E-state index is -3.69. The number of nitrogens with zero attached hydrogens (tertiary/aromatic N) is 2. The quantitative estimate of drug-likeness (QED) is 0.448. The van der Waals surface area contributed by atoms with E-state index in [9.17, 15) is 18.0 Å². The van der Waals surface area contributed by atoms with Gasteiger partial charge in [0, 0.05) is 26.9 Å². The van der Waals surface area contributed by atoms with Gasteiger partial charge in [-0.05, 0) is 43.4 Å². The van der Waals surface area contributed by atoms with Gasteiger partial charge < -0.3 is 10.1 Å². The molecular formula is C28H35N3O5S. The zero-order chi connectivity index (χ0) is 26.5. The topological polar surface area (TPSA) is 106 Å². The van der Waals surface area contributed by atoms with Crippen LogP contribution in [0, 0.1) is 6.92 Å². The molecule has 3 aromatic rings. The number of ether oxygens (including phenoxy) is 1. The van der Waals surface area contributed by atoms with E-state index in [-0.39, 0.29) is 20.3 Å². The summed E-state index contributed by atoms with van der Waals surface area (Å²) in [5.41, 5.74) is 2.80. The van der Waals surface area contributed by atoms with E-state index < -0.39 is 34.5 Å². The van der Waals surface area contributed by atoms with E-state index in [1.54, 1.807) is 42.7 Å². The number of hydrogen-bond donors (Lipinski definition) is 1. The Morgan fingerprint density at radius 3 is 2.30 bits per heavy atom. The Labute approximate surface area is 220 Å². The van der Waals surface area contributed by atoms with E-state index in [4.69, 9.17) is 4.74 Å². The van der Waals surface area contributed by atoms with Gasteiger partial charge >= 0.3 is 5.97 Å². The van der Waals surface area contributed by atoms with Gasteiger partial charge in [-0.1, -0.05) is 72.3 Å². The molecule has 1 N–H and O–H groups in total. The molecule has 0 radical (unpaired) electrons. The zero-order valence-electron chi connectivity index (χ0n) is 21.0. The molecule has 1 aliphatic heterocycles. The van der Waals surface area contributed by atoms with Crippen LogP contribution in [-0.2, 0) is 36.6 Å². The molecule has 0 spiro atoms. The summed E-state index contributed by atoms with van der Waals surface area (Å²) in [4.78, 5) is 28.5. The first-order chi connectivity index (χ1) is 17.8. The van der Waals surface area contributed by atoms with Crippen LogP contribution in [0.3, 0.4) is 0 Å². The lowest BCUT2D eigenvalue weighted by atomic mass is 10.1. The normalized spacial score (nSPS) is 15.6. The minimum absolute atomic E-state index is 0.